The van der Waals surface area contributed by atoms with Gasteiger partial charge >= 0.3 is 0 Å². The van der Waals surface area contributed by atoms with E-state index in [1.165, 1.54) is 0 Å². The smallest absolute Gasteiger partial charge is 0.276 e. The fourth-order valence-corrected chi connectivity index (χ4v) is 3.87. The number of carbonyl (C=O) groups is 1. The van der Waals surface area contributed by atoms with Crippen molar-refractivity contribution >= 4 is 17.5 Å². The van der Waals surface area contributed by atoms with E-state index in [0.29, 0.717) is 36.1 Å². The topological polar surface area (TPSA) is 80.5 Å². The van der Waals surface area contributed by atoms with Crippen LogP contribution in [0.3, 0.4) is 0 Å². The normalized spacial score (nSPS) is 25.4. The van der Waals surface area contributed by atoms with Crippen molar-refractivity contribution in [1.29, 1.82) is 0 Å². The van der Waals surface area contributed by atoms with E-state index in [9.17, 15) is 9.90 Å². The summed E-state index contributed by atoms with van der Waals surface area (Å²) in [4.78, 5) is 14.6. The number of ether oxygens (including phenoxy) is 1. The number of hydrogen-bond acceptors (Lipinski definition) is 5. The summed E-state index contributed by atoms with van der Waals surface area (Å²) < 4.78 is 7.32. The fourth-order valence-electron chi connectivity index (χ4n) is 3.68. The van der Waals surface area contributed by atoms with Crippen LogP contribution in [0, 0.1) is 18.8 Å². The molecule has 4 rings (SSSR count). The second kappa shape index (κ2) is 6.40. The molecule has 0 radical (unpaired) electrons. The Kier molecular flexibility index (Phi) is 4.23. The molecule has 8 heteroatoms. The first-order valence-corrected chi connectivity index (χ1v) is 8.66. The zero-order valence-corrected chi connectivity index (χ0v) is 14.6. The van der Waals surface area contributed by atoms with Gasteiger partial charge in [-0.1, -0.05) is 22.9 Å². The molecule has 2 aliphatic rings. The van der Waals surface area contributed by atoms with Crippen LogP contribution >= 0.6 is 11.6 Å². The van der Waals surface area contributed by atoms with Crippen LogP contribution in [0.5, 0.6) is 0 Å². The number of likely N-dealkylation sites (tertiary alicyclic amines) is 1. The van der Waals surface area contributed by atoms with Gasteiger partial charge in [0.15, 0.2) is 5.69 Å². The monoisotopic (exact) mass is 362 g/mol. The minimum atomic E-state index is -0.152. The molecule has 0 spiro atoms. The van der Waals surface area contributed by atoms with Crippen molar-refractivity contribution in [3.05, 3.63) is 40.7 Å². The third-order valence-electron chi connectivity index (χ3n) is 5.11. The van der Waals surface area contributed by atoms with Gasteiger partial charge in [-0.2, -0.15) is 0 Å². The molecule has 2 saturated heterocycles. The number of amides is 1. The highest BCUT2D eigenvalue weighted by molar-refractivity contribution is 6.30. The van der Waals surface area contributed by atoms with Crippen LogP contribution in [0.25, 0.3) is 5.69 Å². The number of aromatic nitrogens is 3. The summed E-state index contributed by atoms with van der Waals surface area (Å²) in [7, 11) is 0. The molecule has 2 aliphatic heterocycles. The quantitative estimate of drug-likeness (QED) is 0.890. The minimum Gasteiger partial charge on any atom is -0.396 e. The molecule has 0 bridgehead atoms. The number of aliphatic hydroxyl groups excluding tert-OH is 1. The number of aliphatic hydroxyl groups is 1. The average Bonchev–Trinajstić information content (AvgIpc) is 3.27. The predicted octanol–water partition coefficient (Wildman–Crippen LogP) is 1.31. The summed E-state index contributed by atoms with van der Waals surface area (Å²) in [5.41, 5.74) is 1.77. The first kappa shape index (κ1) is 16.5. The maximum Gasteiger partial charge on any atom is 0.276 e. The number of nitrogens with zero attached hydrogens (tertiary/aromatic N) is 4. The Hall–Kier alpha value is -1.96. The van der Waals surface area contributed by atoms with Gasteiger partial charge < -0.3 is 14.7 Å². The van der Waals surface area contributed by atoms with Crippen molar-refractivity contribution in [2.75, 3.05) is 26.3 Å². The maximum atomic E-state index is 12.9. The molecule has 25 heavy (non-hydrogen) atoms. The lowest BCUT2D eigenvalue weighted by Gasteiger charge is -2.18. The molecule has 132 valence electrons. The lowest BCUT2D eigenvalue weighted by molar-refractivity contribution is 0.0650. The lowest BCUT2D eigenvalue weighted by Crippen LogP contribution is -2.32. The summed E-state index contributed by atoms with van der Waals surface area (Å²) in [6.45, 7) is 3.59. The van der Waals surface area contributed by atoms with Gasteiger partial charge in [-0.3, -0.25) is 4.79 Å². The Balaban J connectivity index is 1.56. The highest BCUT2D eigenvalue weighted by Gasteiger charge is 2.45. The Labute approximate surface area is 150 Å². The van der Waals surface area contributed by atoms with Gasteiger partial charge in [-0.15, -0.1) is 5.10 Å². The van der Waals surface area contributed by atoms with E-state index in [1.807, 2.05) is 19.1 Å². The van der Waals surface area contributed by atoms with Gasteiger partial charge in [0.1, 0.15) is 0 Å². The lowest BCUT2D eigenvalue weighted by atomic mass is 9.94. The van der Waals surface area contributed by atoms with Gasteiger partial charge in [0.05, 0.1) is 24.1 Å². The molecule has 2 aromatic rings. The van der Waals surface area contributed by atoms with Crippen LogP contribution < -0.4 is 0 Å². The molecule has 1 N–H and O–H groups in total. The van der Waals surface area contributed by atoms with Crippen LogP contribution in [0.1, 0.15) is 16.2 Å². The maximum absolute atomic E-state index is 12.9. The van der Waals surface area contributed by atoms with Crippen molar-refractivity contribution in [1.82, 2.24) is 19.9 Å². The number of halogens is 1. The van der Waals surface area contributed by atoms with Crippen molar-refractivity contribution in [2.24, 2.45) is 11.8 Å². The highest BCUT2D eigenvalue weighted by Crippen LogP contribution is 2.34. The third kappa shape index (κ3) is 2.82. The van der Waals surface area contributed by atoms with Gasteiger partial charge in [-0.25, -0.2) is 4.68 Å². The summed E-state index contributed by atoms with van der Waals surface area (Å²) >= 11 is 6.03. The van der Waals surface area contributed by atoms with Crippen LogP contribution in [0.4, 0.5) is 0 Å². The molecule has 0 unspecified atom stereocenters. The summed E-state index contributed by atoms with van der Waals surface area (Å²) in [6, 6.07) is 7.25. The van der Waals surface area contributed by atoms with Crippen LogP contribution in [0.15, 0.2) is 24.3 Å². The van der Waals surface area contributed by atoms with Crippen molar-refractivity contribution < 1.29 is 14.6 Å². The number of hydrogen-bond donors (Lipinski definition) is 1. The highest BCUT2D eigenvalue weighted by atomic mass is 35.5. The Morgan fingerprint density at radius 3 is 3.04 bits per heavy atom. The molecule has 1 amide bonds. The molecule has 1 aromatic carbocycles. The Morgan fingerprint density at radius 1 is 1.44 bits per heavy atom. The van der Waals surface area contributed by atoms with Crippen LogP contribution in [-0.2, 0) is 4.74 Å². The van der Waals surface area contributed by atoms with E-state index in [0.717, 1.165) is 5.69 Å². The SMILES string of the molecule is Cc1c(C(=O)N2C[C@H]3[C@@H](CO)CO[C@H]3C2)nnn1-c1cccc(Cl)c1. The molecule has 0 aliphatic carbocycles. The minimum absolute atomic E-state index is 0.00406. The third-order valence-corrected chi connectivity index (χ3v) is 5.35. The van der Waals surface area contributed by atoms with E-state index in [4.69, 9.17) is 16.3 Å². The van der Waals surface area contributed by atoms with Gasteiger partial charge in [0, 0.05) is 36.6 Å². The van der Waals surface area contributed by atoms with E-state index in [-0.39, 0.29) is 30.5 Å². The first-order chi connectivity index (χ1) is 12.1. The molecular weight excluding hydrogens is 344 g/mol. The van der Waals surface area contributed by atoms with E-state index in [2.05, 4.69) is 10.3 Å². The number of carbonyl (C=O) groups excluding carboxylic acids is 1. The van der Waals surface area contributed by atoms with E-state index >= 15 is 0 Å². The van der Waals surface area contributed by atoms with E-state index < -0.39 is 0 Å². The van der Waals surface area contributed by atoms with Crippen LogP contribution in [-0.4, -0.2) is 63.3 Å². The fraction of sp³-hybridized carbons (Fsp3) is 0.471. The van der Waals surface area contributed by atoms with Gasteiger partial charge in [-0.05, 0) is 25.1 Å². The number of benzene rings is 1. The van der Waals surface area contributed by atoms with Gasteiger partial charge in [0.25, 0.3) is 5.91 Å². The summed E-state index contributed by atoms with van der Waals surface area (Å²) in [5.74, 6) is 0.142. The van der Waals surface area contributed by atoms with E-state index in [1.54, 1.807) is 21.7 Å². The second-order valence-corrected chi connectivity index (χ2v) is 7.04. The first-order valence-electron chi connectivity index (χ1n) is 8.28. The number of rotatable bonds is 3. The van der Waals surface area contributed by atoms with Crippen molar-refractivity contribution in [3.8, 4) is 5.69 Å². The zero-order chi connectivity index (χ0) is 17.6. The zero-order valence-electron chi connectivity index (χ0n) is 13.8. The molecular formula is C17H19ClN4O3. The summed E-state index contributed by atoms with van der Waals surface area (Å²) in [5, 5.41) is 18.2. The second-order valence-electron chi connectivity index (χ2n) is 6.60. The van der Waals surface area contributed by atoms with Gasteiger partial charge in [0.2, 0.25) is 0 Å². The molecule has 7 nitrogen and oxygen atoms in total. The molecule has 3 atom stereocenters. The van der Waals surface area contributed by atoms with Crippen molar-refractivity contribution in [3.63, 3.8) is 0 Å². The number of fused-ring (bicyclic) bond motifs is 1. The standard InChI is InChI=1S/C17H19ClN4O3/c1-10-16(19-20-22(10)13-4-2-3-12(18)5-13)17(24)21-6-14-11(8-23)9-25-15(14)7-21/h2-5,11,14-15,23H,6-9H2,1H3/t11-,14-,15-/m0/s1. The molecule has 0 saturated carbocycles. The molecule has 2 fully saturated rings. The van der Waals surface area contributed by atoms with Crippen LogP contribution in [0.2, 0.25) is 5.02 Å². The Morgan fingerprint density at radius 2 is 2.28 bits per heavy atom. The van der Waals surface area contributed by atoms with Crippen molar-refractivity contribution in [2.45, 2.75) is 13.0 Å². The Bertz CT molecular complexity index is 809. The largest absolute Gasteiger partial charge is 0.396 e. The molecule has 3 heterocycles. The average molecular weight is 363 g/mol. The predicted molar refractivity (Wildman–Crippen MR) is 90.8 cm³/mol. The summed E-state index contributed by atoms with van der Waals surface area (Å²) in [6.07, 6.45) is 0.00406. The molecule has 1 aromatic heterocycles.